The summed E-state index contributed by atoms with van der Waals surface area (Å²) in [7, 11) is 1.59. The van der Waals surface area contributed by atoms with Crippen LogP contribution in [0, 0.1) is 5.82 Å². The molecule has 0 saturated carbocycles. The Kier molecular flexibility index (Phi) is 4.16. The normalized spacial score (nSPS) is 10.5. The fraction of sp³-hybridized carbons (Fsp3) is 0.333. The molecule has 0 N–H and O–H groups in total. The second-order valence-electron chi connectivity index (χ2n) is 2.60. The number of ether oxygens (including phenoxy) is 1. The van der Waals surface area contributed by atoms with Crippen LogP contribution in [0.2, 0.25) is 0 Å². The molecule has 1 aromatic rings. The van der Waals surface area contributed by atoms with E-state index in [1.807, 2.05) is 0 Å². The van der Waals surface area contributed by atoms with Gasteiger partial charge in [-0.3, -0.25) is 0 Å². The van der Waals surface area contributed by atoms with Crippen molar-refractivity contribution in [2.24, 2.45) is 0 Å². The van der Waals surface area contributed by atoms with Gasteiger partial charge in [0.15, 0.2) is 0 Å². The van der Waals surface area contributed by atoms with Gasteiger partial charge in [0.1, 0.15) is 5.82 Å². The summed E-state index contributed by atoms with van der Waals surface area (Å²) in [6.07, 6.45) is 0. The van der Waals surface area contributed by atoms with Crippen LogP contribution in [0.5, 0.6) is 0 Å². The first-order valence-corrected chi connectivity index (χ1v) is 5.03. The summed E-state index contributed by atoms with van der Waals surface area (Å²) in [5.74, 6) is -0.114. The van der Waals surface area contributed by atoms with Crippen LogP contribution in [-0.4, -0.2) is 7.11 Å². The van der Waals surface area contributed by atoms with Gasteiger partial charge in [0.2, 0.25) is 0 Å². The molecule has 0 radical (unpaired) electrons. The van der Waals surface area contributed by atoms with Crippen molar-refractivity contribution in [2.45, 2.75) is 12.5 Å². The minimum Gasteiger partial charge on any atom is -0.380 e. The van der Waals surface area contributed by atoms with E-state index in [4.69, 9.17) is 16.3 Å². The molecule has 1 rings (SSSR count). The van der Waals surface area contributed by atoms with Crippen LogP contribution in [-0.2, 0) is 17.2 Å². The van der Waals surface area contributed by atoms with Crippen molar-refractivity contribution in [3.63, 3.8) is 0 Å². The van der Waals surface area contributed by atoms with Crippen LogP contribution in [0.25, 0.3) is 0 Å². The number of benzene rings is 1. The maximum Gasteiger partial charge on any atom is 0.128 e. The molecule has 0 fully saturated rings. The van der Waals surface area contributed by atoms with Crippen molar-refractivity contribution in [3.8, 4) is 0 Å². The van der Waals surface area contributed by atoms with Gasteiger partial charge >= 0.3 is 0 Å². The molecule has 0 aliphatic rings. The largest absolute Gasteiger partial charge is 0.380 e. The molecule has 0 aromatic heterocycles. The van der Waals surface area contributed by atoms with Gasteiger partial charge in [0, 0.05) is 17.1 Å². The van der Waals surface area contributed by atoms with Crippen LogP contribution in [0.4, 0.5) is 4.39 Å². The first kappa shape index (κ1) is 11.0. The van der Waals surface area contributed by atoms with E-state index in [0.29, 0.717) is 16.6 Å². The molecule has 0 spiro atoms. The quantitative estimate of drug-likeness (QED) is 0.762. The van der Waals surface area contributed by atoms with Gasteiger partial charge in [0.05, 0.1) is 12.5 Å². The van der Waals surface area contributed by atoms with E-state index < -0.39 is 0 Å². The minimum atomic E-state index is -0.290. The van der Waals surface area contributed by atoms with Crippen LogP contribution in [0.15, 0.2) is 16.6 Å². The van der Waals surface area contributed by atoms with Gasteiger partial charge < -0.3 is 4.74 Å². The van der Waals surface area contributed by atoms with Crippen molar-refractivity contribution >= 4 is 27.5 Å². The Morgan fingerprint density at radius 2 is 2.15 bits per heavy atom. The summed E-state index contributed by atoms with van der Waals surface area (Å²) in [5, 5.41) is 0. The van der Waals surface area contributed by atoms with Crippen LogP contribution < -0.4 is 0 Å². The van der Waals surface area contributed by atoms with Gasteiger partial charge in [-0.15, -0.1) is 11.6 Å². The second-order valence-corrected chi connectivity index (χ2v) is 3.72. The highest BCUT2D eigenvalue weighted by Gasteiger charge is 2.06. The zero-order valence-corrected chi connectivity index (χ0v) is 9.45. The third kappa shape index (κ3) is 2.66. The first-order valence-electron chi connectivity index (χ1n) is 3.70. The molecular weight excluding hydrogens is 258 g/mol. The van der Waals surface area contributed by atoms with E-state index >= 15 is 0 Å². The molecule has 0 bridgehead atoms. The Morgan fingerprint density at radius 3 is 2.69 bits per heavy atom. The van der Waals surface area contributed by atoms with Crippen LogP contribution >= 0.6 is 27.5 Å². The molecule has 0 aliphatic carbocycles. The first-order chi connectivity index (χ1) is 6.19. The number of halogens is 3. The number of rotatable bonds is 3. The molecular formula is C9H9BrClFO. The van der Waals surface area contributed by atoms with Gasteiger partial charge in [0.25, 0.3) is 0 Å². The van der Waals surface area contributed by atoms with Gasteiger partial charge in [-0.25, -0.2) is 4.39 Å². The van der Waals surface area contributed by atoms with Crippen molar-refractivity contribution in [2.75, 3.05) is 7.11 Å². The predicted molar refractivity (Wildman–Crippen MR) is 54.4 cm³/mol. The lowest BCUT2D eigenvalue weighted by Gasteiger charge is -2.06. The fourth-order valence-corrected chi connectivity index (χ4v) is 1.65. The molecule has 1 aromatic carbocycles. The van der Waals surface area contributed by atoms with E-state index in [2.05, 4.69) is 15.9 Å². The number of hydrogen-bond acceptors (Lipinski definition) is 1. The lowest BCUT2D eigenvalue weighted by atomic mass is 10.1. The highest BCUT2D eigenvalue weighted by Crippen LogP contribution is 2.22. The Labute approximate surface area is 90.0 Å². The predicted octanol–water partition coefficient (Wildman–Crippen LogP) is 3.47. The zero-order valence-electron chi connectivity index (χ0n) is 7.11. The molecule has 72 valence electrons. The number of hydrogen-bond donors (Lipinski definition) is 0. The summed E-state index contributed by atoms with van der Waals surface area (Å²) in [6, 6.07) is 3.11. The monoisotopic (exact) mass is 266 g/mol. The van der Waals surface area contributed by atoms with Crippen LogP contribution in [0.1, 0.15) is 11.1 Å². The Balaban J connectivity index is 3.06. The Morgan fingerprint density at radius 1 is 1.46 bits per heavy atom. The molecule has 0 aliphatic heterocycles. The number of alkyl halides is 1. The van der Waals surface area contributed by atoms with Gasteiger partial charge in [-0.05, 0) is 17.7 Å². The van der Waals surface area contributed by atoms with Gasteiger partial charge in [-0.1, -0.05) is 15.9 Å². The van der Waals surface area contributed by atoms with Crippen molar-refractivity contribution in [3.05, 3.63) is 33.5 Å². The molecule has 4 heteroatoms. The second kappa shape index (κ2) is 4.94. The molecule has 13 heavy (non-hydrogen) atoms. The van der Waals surface area contributed by atoms with E-state index in [1.165, 1.54) is 6.07 Å². The highest BCUT2D eigenvalue weighted by molar-refractivity contribution is 9.10. The van der Waals surface area contributed by atoms with Crippen molar-refractivity contribution < 1.29 is 9.13 Å². The summed E-state index contributed by atoms with van der Waals surface area (Å²) >= 11 is 8.81. The Hall–Kier alpha value is -0.120. The fourth-order valence-electron chi connectivity index (χ4n) is 1.01. The highest BCUT2D eigenvalue weighted by atomic mass is 79.9. The SMILES string of the molecule is COCc1cc(CCl)c(F)cc1Br. The average Bonchev–Trinajstić information content (AvgIpc) is 2.10. The summed E-state index contributed by atoms with van der Waals surface area (Å²) in [4.78, 5) is 0. The van der Waals surface area contributed by atoms with E-state index in [-0.39, 0.29) is 11.7 Å². The third-order valence-corrected chi connectivity index (χ3v) is 2.69. The molecule has 0 unspecified atom stereocenters. The topological polar surface area (TPSA) is 9.23 Å². The van der Waals surface area contributed by atoms with Crippen molar-refractivity contribution in [1.29, 1.82) is 0 Å². The van der Waals surface area contributed by atoms with Crippen molar-refractivity contribution in [1.82, 2.24) is 0 Å². The maximum absolute atomic E-state index is 13.1. The summed E-state index contributed by atoms with van der Waals surface area (Å²) in [5.41, 5.74) is 1.40. The van der Waals surface area contributed by atoms with E-state index in [1.54, 1.807) is 13.2 Å². The van der Waals surface area contributed by atoms with E-state index in [9.17, 15) is 4.39 Å². The molecule has 1 nitrogen and oxygen atoms in total. The van der Waals surface area contributed by atoms with E-state index in [0.717, 1.165) is 5.56 Å². The smallest absolute Gasteiger partial charge is 0.128 e. The summed E-state index contributed by atoms with van der Waals surface area (Å²) in [6.45, 7) is 0.449. The zero-order chi connectivity index (χ0) is 9.84. The molecule has 0 heterocycles. The molecule has 0 amide bonds. The average molecular weight is 268 g/mol. The Bertz CT molecular complexity index is 304. The third-order valence-electron chi connectivity index (χ3n) is 1.66. The minimum absolute atomic E-state index is 0.176. The molecule has 0 saturated heterocycles. The lowest BCUT2D eigenvalue weighted by molar-refractivity contribution is 0.184. The lowest BCUT2D eigenvalue weighted by Crippen LogP contribution is -1.94. The van der Waals surface area contributed by atoms with Gasteiger partial charge in [-0.2, -0.15) is 0 Å². The summed E-state index contributed by atoms with van der Waals surface area (Å²) < 4.78 is 18.8. The van der Waals surface area contributed by atoms with Crippen LogP contribution in [0.3, 0.4) is 0 Å². The number of methoxy groups -OCH3 is 1. The molecule has 0 atom stereocenters. The maximum atomic E-state index is 13.1. The standard InChI is InChI=1S/C9H9BrClFO/c1-13-5-7-2-6(4-11)9(12)3-8(7)10/h2-3H,4-5H2,1H3.